The van der Waals surface area contributed by atoms with Crippen LogP contribution < -0.4 is 0 Å². The normalized spacial score (nSPS) is 10.9. The number of aromatic nitrogens is 5. The lowest BCUT2D eigenvalue weighted by atomic mass is 10.1. The van der Waals surface area contributed by atoms with E-state index in [1.54, 1.807) is 35.5 Å². The van der Waals surface area contributed by atoms with Gasteiger partial charge in [0.1, 0.15) is 5.01 Å². The van der Waals surface area contributed by atoms with E-state index in [9.17, 15) is 0 Å². The summed E-state index contributed by atoms with van der Waals surface area (Å²) < 4.78 is 2.07. The second kappa shape index (κ2) is 8.50. The minimum absolute atomic E-state index is 0.651. The average molecular weight is 406 g/mol. The molecule has 0 radical (unpaired) electrons. The minimum atomic E-state index is 0.651. The van der Waals surface area contributed by atoms with Crippen LogP contribution in [0.25, 0.3) is 22.0 Å². The Bertz CT molecular complexity index is 1090. The molecule has 4 rings (SSSR count). The lowest BCUT2D eigenvalue weighted by Gasteiger charge is -2.07. The lowest BCUT2D eigenvalue weighted by Crippen LogP contribution is -2.00. The predicted octanol–water partition coefficient (Wildman–Crippen LogP) is 5.25. The zero-order valence-corrected chi connectivity index (χ0v) is 17.1. The van der Waals surface area contributed by atoms with Crippen molar-refractivity contribution in [1.29, 1.82) is 0 Å². The number of rotatable bonds is 7. The molecule has 140 valence electrons. The summed E-state index contributed by atoms with van der Waals surface area (Å²) in [6.45, 7) is 6.63. The summed E-state index contributed by atoms with van der Waals surface area (Å²) in [6, 6.07) is 12.2. The van der Waals surface area contributed by atoms with E-state index in [1.165, 1.54) is 11.1 Å². The Morgan fingerprint density at radius 1 is 1.14 bits per heavy atom. The Hall–Kier alpha value is -2.77. The van der Waals surface area contributed by atoms with E-state index >= 15 is 0 Å². The van der Waals surface area contributed by atoms with Crippen molar-refractivity contribution in [3.63, 3.8) is 0 Å². The van der Waals surface area contributed by atoms with E-state index in [0.29, 0.717) is 6.54 Å². The Morgan fingerprint density at radius 2 is 1.96 bits per heavy atom. The summed E-state index contributed by atoms with van der Waals surface area (Å²) in [7, 11) is 0. The van der Waals surface area contributed by atoms with Crippen molar-refractivity contribution in [2.24, 2.45) is 0 Å². The van der Waals surface area contributed by atoms with Gasteiger partial charge >= 0.3 is 0 Å². The molecule has 0 saturated carbocycles. The third-order valence-corrected chi connectivity index (χ3v) is 6.17. The van der Waals surface area contributed by atoms with Gasteiger partial charge in [-0.25, -0.2) is 4.98 Å². The standard InChI is InChI=1S/C21H19N5S2/c1-3-12-26-19(16-8-10-22-11-9-16)24-25-21(26)28-14-17-13-27-20(23-17)18-7-5-4-6-15(18)2/h3-11,13H,1,12,14H2,2H3. The molecule has 0 N–H and O–H groups in total. The van der Waals surface area contributed by atoms with Crippen molar-refractivity contribution in [3.05, 3.63) is 78.1 Å². The molecule has 0 saturated heterocycles. The zero-order chi connectivity index (χ0) is 19.3. The first-order valence-electron chi connectivity index (χ1n) is 8.84. The highest BCUT2D eigenvalue weighted by Crippen LogP contribution is 2.30. The van der Waals surface area contributed by atoms with Crippen molar-refractivity contribution in [2.75, 3.05) is 0 Å². The molecule has 1 aromatic carbocycles. The molecule has 7 heteroatoms. The van der Waals surface area contributed by atoms with E-state index in [1.807, 2.05) is 18.2 Å². The molecule has 4 aromatic rings. The quantitative estimate of drug-likeness (QED) is 0.310. The summed E-state index contributed by atoms with van der Waals surface area (Å²) in [4.78, 5) is 8.88. The number of thioether (sulfide) groups is 1. The van der Waals surface area contributed by atoms with Crippen molar-refractivity contribution < 1.29 is 0 Å². The maximum Gasteiger partial charge on any atom is 0.192 e. The largest absolute Gasteiger partial charge is 0.298 e. The van der Waals surface area contributed by atoms with Gasteiger partial charge in [-0.1, -0.05) is 42.1 Å². The molecule has 0 aliphatic heterocycles. The monoisotopic (exact) mass is 405 g/mol. The third kappa shape index (κ3) is 3.90. The number of pyridine rings is 1. The summed E-state index contributed by atoms with van der Waals surface area (Å²) in [6.07, 6.45) is 5.38. The van der Waals surface area contributed by atoms with E-state index < -0.39 is 0 Å². The summed E-state index contributed by atoms with van der Waals surface area (Å²) in [5, 5.41) is 12.8. The molecule has 28 heavy (non-hydrogen) atoms. The van der Waals surface area contributed by atoms with E-state index in [2.05, 4.69) is 62.9 Å². The van der Waals surface area contributed by atoms with Crippen molar-refractivity contribution in [2.45, 2.75) is 24.4 Å². The first kappa shape index (κ1) is 18.6. The van der Waals surface area contributed by atoms with Gasteiger partial charge in [0.25, 0.3) is 0 Å². The van der Waals surface area contributed by atoms with Crippen molar-refractivity contribution in [1.82, 2.24) is 24.7 Å². The van der Waals surface area contributed by atoms with E-state index in [0.717, 1.165) is 33.0 Å². The van der Waals surface area contributed by atoms with Crippen molar-refractivity contribution in [3.8, 4) is 22.0 Å². The first-order valence-corrected chi connectivity index (χ1v) is 10.7. The highest BCUT2D eigenvalue weighted by molar-refractivity contribution is 7.98. The molecule has 0 spiro atoms. The number of nitrogens with zero attached hydrogens (tertiary/aromatic N) is 5. The second-order valence-corrected chi connectivity index (χ2v) is 7.99. The molecule has 0 unspecified atom stereocenters. The molecule has 0 aliphatic rings. The second-order valence-electron chi connectivity index (χ2n) is 6.19. The number of benzene rings is 1. The molecule has 3 heterocycles. The smallest absolute Gasteiger partial charge is 0.192 e. The lowest BCUT2D eigenvalue weighted by molar-refractivity contribution is 0.731. The fourth-order valence-electron chi connectivity index (χ4n) is 2.85. The van der Waals surface area contributed by atoms with Gasteiger partial charge in [0.15, 0.2) is 11.0 Å². The van der Waals surface area contributed by atoms with Crippen LogP contribution in [0.5, 0.6) is 0 Å². The molecule has 0 atom stereocenters. The van der Waals surface area contributed by atoms with Crippen LogP contribution in [0.15, 0.2) is 72.0 Å². The van der Waals surface area contributed by atoms with Gasteiger partial charge in [0.2, 0.25) is 0 Å². The minimum Gasteiger partial charge on any atom is -0.298 e. The number of allylic oxidation sites excluding steroid dienone is 1. The number of hydrogen-bond donors (Lipinski definition) is 0. The first-order chi connectivity index (χ1) is 13.8. The van der Waals surface area contributed by atoms with Gasteiger partial charge in [0.05, 0.1) is 5.69 Å². The van der Waals surface area contributed by atoms with Crippen LogP contribution in [0.2, 0.25) is 0 Å². The molecule has 0 amide bonds. The highest BCUT2D eigenvalue weighted by atomic mass is 32.2. The molecule has 5 nitrogen and oxygen atoms in total. The van der Waals surface area contributed by atoms with E-state index in [4.69, 9.17) is 4.98 Å². The number of thiazole rings is 1. The van der Waals surface area contributed by atoms with Crippen LogP contribution in [0, 0.1) is 6.92 Å². The number of hydrogen-bond acceptors (Lipinski definition) is 6. The maximum atomic E-state index is 4.81. The van der Waals surface area contributed by atoms with Gasteiger partial charge in [-0.05, 0) is 24.6 Å². The van der Waals surface area contributed by atoms with Crippen LogP contribution in [0.4, 0.5) is 0 Å². The Balaban J connectivity index is 1.54. The Kier molecular flexibility index (Phi) is 5.64. The Labute approximate surface area is 172 Å². The summed E-state index contributed by atoms with van der Waals surface area (Å²) in [5.41, 5.74) is 4.47. The van der Waals surface area contributed by atoms with Crippen LogP contribution in [0.1, 0.15) is 11.3 Å². The Morgan fingerprint density at radius 3 is 2.75 bits per heavy atom. The fourth-order valence-corrected chi connectivity index (χ4v) is 4.71. The molecule has 0 bridgehead atoms. The molecule has 3 aromatic heterocycles. The fraction of sp³-hybridized carbons (Fsp3) is 0.143. The molecule has 0 aliphatic carbocycles. The predicted molar refractivity (Wildman–Crippen MR) is 115 cm³/mol. The van der Waals surface area contributed by atoms with Crippen LogP contribution in [0.3, 0.4) is 0 Å². The van der Waals surface area contributed by atoms with Gasteiger partial charge in [0, 0.05) is 41.2 Å². The van der Waals surface area contributed by atoms with Crippen LogP contribution in [-0.4, -0.2) is 24.7 Å². The zero-order valence-electron chi connectivity index (χ0n) is 15.4. The topological polar surface area (TPSA) is 56.5 Å². The SMILES string of the molecule is C=CCn1c(SCc2csc(-c3ccccc3C)n2)nnc1-c1ccncc1. The van der Waals surface area contributed by atoms with Crippen LogP contribution >= 0.6 is 23.1 Å². The van der Waals surface area contributed by atoms with Gasteiger partial charge in [-0.3, -0.25) is 9.55 Å². The van der Waals surface area contributed by atoms with Crippen LogP contribution in [-0.2, 0) is 12.3 Å². The van der Waals surface area contributed by atoms with Gasteiger partial charge in [-0.2, -0.15) is 0 Å². The van der Waals surface area contributed by atoms with Gasteiger partial charge in [-0.15, -0.1) is 28.1 Å². The number of aryl methyl sites for hydroxylation is 1. The third-order valence-electron chi connectivity index (χ3n) is 4.24. The molecular weight excluding hydrogens is 386 g/mol. The van der Waals surface area contributed by atoms with Crippen molar-refractivity contribution >= 4 is 23.1 Å². The van der Waals surface area contributed by atoms with Gasteiger partial charge < -0.3 is 0 Å². The summed E-state index contributed by atoms with van der Waals surface area (Å²) >= 11 is 3.32. The summed E-state index contributed by atoms with van der Waals surface area (Å²) in [5.74, 6) is 1.57. The average Bonchev–Trinajstić information content (AvgIpc) is 3.35. The van der Waals surface area contributed by atoms with E-state index in [-0.39, 0.29) is 0 Å². The molecule has 0 fully saturated rings. The highest BCUT2D eigenvalue weighted by Gasteiger charge is 2.14. The maximum absolute atomic E-state index is 4.81. The molecular formula is C21H19N5S2.